The second-order valence-corrected chi connectivity index (χ2v) is 2.75. The van der Waals surface area contributed by atoms with Gasteiger partial charge in [-0.3, -0.25) is 9.97 Å². The van der Waals surface area contributed by atoms with Crippen LogP contribution >= 0.6 is 0 Å². The third-order valence-corrected chi connectivity index (χ3v) is 1.88. The summed E-state index contributed by atoms with van der Waals surface area (Å²) in [7, 11) is 1.62. The van der Waals surface area contributed by atoms with E-state index >= 15 is 0 Å². The predicted molar refractivity (Wildman–Crippen MR) is 54.0 cm³/mol. The molecule has 0 amide bonds. The highest BCUT2D eigenvalue weighted by Gasteiger charge is 1.98. The van der Waals surface area contributed by atoms with Gasteiger partial charge in [0.1, 0.15) is 5.75 Å². The maximum atomic E-state index is 7.60. The quantitative estimate of drug-likeness (QED) is 0.722. The Bertz CT molecular complexity index is 456. The Morgan fingerprint density at radius 2 is 2.00 bits per heavy atom. The Labute approximate surface area is 83.8 Å². The van der Waals surface area contributed by atoms with Gasteiger partial charge in [-0.25, -0.2) is 0 Å². The molecule has 0 spiro atoms. The fourth-order valence-electron chi connectivity index (χ4n) is 1.16. The molecule has 0 aliphatic heterocycles. The molecule has 1 aromatic carbocycles. The number of benzene rings is 1. The first-order chi connectivity index (χ1) is 7.31. The van der Waals surface area contributed by atoms with Crippen molar-refractivity contribution in [1.82, 2.24) is 9.97 Å². The first-order valence-corrected chi connectivity index (χ1v) is 4.23. The zero-order chi connectivity index (χ0) is 10.7. The third kappa shape index (κ3) is 1.71. The molecule has 0 N–H and O–H groups in total. The lowest BCUT2D eigenvalue weighted by Gasteiger charge is -2.01. The van der Waals surface area contributed by atoms with Crippen molar-refractivity contribution in [2.75, 3.05) is 7.11 Å². The van der Waals surface area contributed by atoms with Gasteiger partial charge in [0.25, 0.3) is 0 Å². The Kier molecular flexibility index (Phi) is 2.07. The van der Waals surface area contributed by atoms with E-state index in [1.807, 2.05) is 24.3 Å². The molecule has 70 valence electrons. The second kappa shape index (κ2) is 3.87. The first-order valence-electron chi connectivity index (χ1n) is 4.73. The molecule has 1 heterocycles. The van der Waals surface area contributed by atoms with Crippen molar-refractivity contribution in [3.05, 3.63) is 42.8 Å². The Hall–Kier alpha value is -1.90. The van der Waals surface area contributed by atoms with Gasteiger partial charge in [0.2, 0.25) is 0 Å². The molecule has 2 rings (SSSR count). The van der Waals surface area contributed by atoms with Gasteiger partial charge in [-0.2, -0.15) is 0 Å². The summed E-state index contributed by atoms with van der Waals surface area (Å²) in [6, 6.07) is 7.40. The highest BCUT2D eigenvalue weighted by Crippen LogP contribution is 2.19. The molecule has 0 atom stereocenters. The van der Waals surface area contributed by atoms with E-state index in [-0.39, 0.29) is 6.17 Å². The Balaban J connectivity index is 2.42. The summed E-state index contributed by atoms with van der Waals surface area (Å²) in [6.07, 6.45) is 3.27. The number of ether oxygens (including phenoxy) is 1. The predicted octanol–water partition coefficient (Wildman–Crippen LogP) is 2.15. The SMILES string of the molecule is [2H]c1nccnc1-c1ccc(OC)cc1. The zero-order valence-corrected chi connectivity index (χ0v) is 7.77. The Morgan fingerprint density at radius 3 is 2.64 bits per heavy atom. The standard InChI is InChI=1S/C11H10N2O/c1-14-10-4-2-9(3-5-10)11-8-12-6-7-13-11/h2-8H,1H3/i8D. The van der Waals surface area contributed by atoms with E-state index in [4.69, 9.17) is 6.11 Å². The van der Waals surface area contributed by atoms with Crippen molar-refractivity contribution in [1.29, 1.82) is 0 Å². The number of aromatic nitrogens is 2. The van der Waals surface area contributed by atoms with Gasteiger partial charge in [-0.1, -0.05) is 0 Å². The van der Waals surface area contributed by atoms with Crippen LogP contribution in [0.15, 0.2) is 42.8 Å². The van der Waals surface area contributed by atoms with E-state index in [1.54, 1.807) is 13.3 Å². The average Bonchev–Trinajstić information content (AvgIpc) is 2.30. The van der Waals surface area contributed by atoms with Crippen molar-refractivity contribution in [2.45, 2.75) is 0 Å². The molecule has 2 aromatic rings. The number of hydrogen-bond donors (Lipinski definition) is 0. The summed E-state index contributed by atoms with van der Waals surface area (Å²) >= 11 is 0. The van der Waals surface area contributed by atoms with E-state index in [0.29, 0.717) is 5.69 Å². The fraction of sp³-hybridized carbons (Fsp3) is 0.0909. The monoisotopic (exact) mass is 187 g/mol. The van der Waals surface area contributed by atoms with Gasteiger partial charge < -0.3 is 4.74 Å². The topological polar surface area (TPSA) is 35.0 Å². The van der Waals surface area contributed by atoms with Crippen LogP contribution in [0, 0.1) is 0 Å². The van der Waals surface area contributed by atoms with E-state index in [0.717, 1.165) is 11.3 Å². The molecule has 3 heteroatoms. The lowest BCUT2D eigenvalue weighted by atomic mass is 10.1. The van der Waals surface area contributed by atoms with Crippen LogP contribution in [-0.4, -0.2) is 17.1 Å². The second-order valence-electron chi connectivity index (χ2n) is 2.75. The van der Waals surface area contributed by atoms with Crippen LogP contribution in [0.4, 0.5) is 0 Å². The summed E-state index contributed by atoms with van der Waals surface area (Å²) in [6.45, 7) is 0. The van der Waals surface area contributed by atoms with Crippen LogP contribution in [0.3, 0.4) is 0 Å². The average molecular weight is 187 g/mol. The smallest absolute Gasteiger partial charge is 0.118 e. The molecular weight excluding hydrogens is 176 g/mol. The van der Waals surface area contributed by atoms with Crippen LogP contribution in [0.2, 0.25) is 0 Å². The summed E-state index contributed by atoms with van der Waals surface area (Å²) in [5, 5.41) is 0. The van der Waals surface area contributed by atoms with Crippen molar-refractivity contribution in [3.63, 3.8) is 0 Å². The Morgan fingerprint density at radius 1 is 1.21 bits per heavy atom. The van der Waals surface area contributed by atoms with Crippen molar-refractivity contribution in [2.24, 2.45) is 0 Å². The van der Waals surface area contributed by atoms with Crippen molar-refractivity contribution >= 4 is 0 Å². The van der Waals surface area contributed by atoms with E-state index in [9.17, 15) is 0 Å². The molecule has 0 aliphatic carbocycles. The number of rotatable bonds is 2. The molecule has 0 aliphatic rings. The molecule has 0 saturated carbocycles. The summed E-state index contributed by atoms with van der Waals surface area (Å²) < 4.78 is 12.7. The highest BCUT2D eigenvalue weighted by molar-refractivity contribution is 5.58. The summed E-state index contributed by atoms with van der Waals surface area (Å²) in [4.78, 5) is 7.98. The number of nitrogens with zero attached hydrogens (tertiary/aromatic N) is 2. The lowest BCUT2D eigenvalue weighted by Crippen LogP contribution is -1.85. The molecule has 1 aromatic heterocycles. The minimum atomic E-state index is 0.183. The molecule has 14 heavy (non-hydrogen) atoms. The lowest BCUT2D eigenvalue weighted by molar-refractivity contribution is 0.415. The largest absolute Gasteiger partial charge is 0.497 e. The van der Waals surface area contributed by atoms with Crippen LogP contribution in [0.5, 0.6) is 5.75 Å². The van der Waals surface area contributed by atoms with Gasteiger partial charge in [-0.15, -0.1) is 0 Å². The van der Waals surface area contributed by atoms with Crippen LogP contribution < -0.4 is 4.74 Å². The summed E-state index contributed by atoms with van der Waals surface area (Å²) in [5.74, 6) is 0.786. The van der Waals surface area contributed by atoms with Crippen LogP contribution in [-0.2, 0) is 0 Å². The minimum absolute atomic E-state index is 0.183. The van der Waals surface area contributed by atoms with Crippen molar-refractivity contribution < 1.29 is 6.11 Å². The number of hydrogen-bond acceptors (Lipinski definition) is 3. The van der Waals surface area contributed by atoms with E-state index in [2.05, 4.69) is 9.97 Å². The molecule has 0 radical (unpaired) electrons. The minimum Gasteiger partial charge on any atom is -0.497 e. The molecule has 0 unspecified atom stereocenters. The van der Waals surface area contributed by atoms with Gasteiger partial charge in [-0.05, 0) is 24.3 Å². The van der Waals surface area contributed by atoms with E-state index in [1.165, 1.54) is 6.20 Å². The molecular formula is C11H10N2O. The molecule has 3 nitrogen and oxygen atoms in total. The van der Waals surface area contributed by atoms with Gasteiger partial charge in [0.15, 0.2) is 0 Å². The fourth-order valence-corrected chi connectivity index (χ4v) is 1.16. The molecule has 0 saturated heterocycles. The van der Waals surface area contributed by atoms with Crippen LogP contribution in [0.1, 0.15) is 1.37 Å². The van der Waals surface area contributed by atoms with Gasteiger partial charge in [0, 0.05) is 18.0 Å². The molecule has 0 fully saturated rings. The third-order valence-electron chi connectivity index (χ3n) is 1.88. The number of methoxy groups -OCH3 is 1. The van der Waals surface area contributed by atoms with Gasteiger partial charge >= 0.3 is 0 Å². The first kappa shape index (κ1) is 7.50. The summed E-state index contributed by atoms with van der Waals surface area (Å²) in [5.41, 5.74) is 1.45. The van der Waals surface area contributed by atoms with Crippen LogP contribution in [0.25, 0.3) is 11.3 Å². The van der Waals surface area contributed by atoms with Gasteiger partial charge in [0.05, 0.1) is 20.3 Å². The highest BCUT2D eigenvalue weighted by atomic mass is 16.5. The van der Waals surface area contributed by atoms with Crippen molar-refractivity contribution in [3.8, 4) is 17.0 Å². The molecule has 0 bridgehead atoms. The maximum absolute atomic E-state index is 7.60. The van der Waals surface area contributed by atoms with E-state index < -0.39 is 0 Å². The normalized spacial score (nSPS) is 10.8. The zero-order valence-electron chi connectivity index (χ0n) is 8.77. The maximum Gasteiger partial charge on any atom is 0.118 e.